The predicted octanol–water partition coefficient (Wildman–Crippen LogP) is 4.84. The lowest BCUT2D eigenvalue weighted by Crippen LogP contribution is -2.42. The number of amides is 1. The van der Waals surface area contributed by atoms with Crippen LogP contribution in [0.15, 0.2) is 59.8 Å². The predicted molar refractivity (Wildman–Crippen MR) is 144 cm³/mol. The number of halogens is 1. The van der Waals surface area contributed by atoms with Crippen LogP contribution in [-0.4, -0.2) is 57.2 Å². The van der Waals surface area contributed by atoms with Gasteiger partial charge in [0.2, 0.25) is 5.91 Å². The number of ether oxygens (including phenoxy) is 3. The topological polar surface area (TPSA) is 102 Å². The van der Waals surface area contributed by atoms with Crippen molar-refractivity contribution in [3.63, 3.8) is 0 Å². The van der Waals surface area contributed by atoms with Crippen LogP contribution < -0.4 is 4.74 Å². The lowest BCUT2D eigenvalue weighted by atomic mass is 9.83. The minimum Gasteiger partial charge on any atom is -0.494 e. The lowest BCUT2D eigenvalue weighted by molar-refractivity contribution is -0.141. The summed E-state index contributed by atoms with van der Waals surface area (Å²) in [7, 11) is 0. The summed E-state index contributed by atoms with van der Waals surface area (Å²) in [6.07, 6.45) is 2.44. The van der Waals surface area contributed by atoms with E-state index in [2.05, 4.69) is 0 Å². The molecule has 8 nitrogen and oxygen atoms in total. The molecule has 1 fully saturated rings. The van der Waals surface area contributed by atoms with Gasteiger partial charge in [-0.3, -0.25) is 4.79 Å². The van der Waals surface area contributed by atoms with Gasteiger partial charge in [-0.2, -0.15) is 0 Å². The second-order valence-electron chi connectivity index (χ2n) is 9.39. The van der Waals surface area contributed by atoms with Crippen LogP contribution in [0.3, 0.4) is 0 Å². The molecule has 4 rings (SSSR count). The van der Waals surface area contributed by atoms with Crippen molar-refractivity contribution in [3.8, 4) is 5.75 Å². The average molecular weight is 562 g/mol. The highest BCUT2D eigenvalue weighted by Crippen LogP contribution is 2.38. The third kappa shape index (κ3) is 7.44. The largest absolute Gasteiger partial charge is 0.494 e. The Morgan fingerprint density at radius 2 is 1.92 bits per heavy atom. The Bertz CT molecular complexity index is 1180. The van der Waals surface area contributed by atoms with Crippen molar-refractivity contribution in [2.45, 2.75) is 51.2 Å². The zero-order chi connectivity index (χ0) is 27.1. The average Bonchev–Trinajstić information content (AvgIpc) is 3.42. The molecule has 2 aliphatic rings. The van der Waals surface area contributed by atoms with Crippen LogP contribution in [0.25, 0.3) is 0 Å². The van der Waals surface area contributed by atoms with Gasteiger partial charge in [0.05, 0.1) is 30.6 Å². The van der Waals surface area contributed by atoms with Gasteiger partial charge in [0.15, 0.2) is 11.1 Å². The van der Waals surface area contributed by atoms with Gasteiger partial charge >= 0.3 is 5.97 Å². The van der Waals surface area contributed by atoms with E-state index in [9.17, 15) is 13.8 Å². The minimum absolute atomic E-state index is 0.0372. The maximum Gasteiger partial charge on any atom is 0.336 e. The summed E-state index contributed by atoms with van der Waals surface area (Å²) < 4.78 is 36.6. The highest BCUT2D eigenvalue weighted by molar-refractivity contribution is 7.79. The van der Waals surface area contributed by atoms with Gasteiger partial charge in [0.1, 0.15) is 12.4 Å². The molecule has 38 heavy (non-hydrogen) atoms. The first-order chi connectivity index (χ1) is 18.3. The second kappa shape index (κ2) is 13.4. The molecule has 3 atom stereocenters. The van der Waals surface area contributed by atoms with Gasteiger partial charge in [0.25, 0.3) is 0 Å². The summed E-state index contributed by atoms with van der Waals surface area (Å²) in [4.78, 5) is 28.3. The number of carbonyl (C=O) groups is 2. The van der Waals surface area contributed by atoms with Crippen LogP contribution >= 0.6 is 11.6 Å². The van der Waals surface area contributed by atoms with E-state index in [4.69, 9.17) is 30.4 Å². The SMILES string of the molecule is CC1=C(C(=O)OCc2ccc(OCCCS(=O)O)cc2)C(c2ccc(Cl)cc2)CC(=O)N1CC1CCCO1. The lowest BCUT2D eigenvalue weighted by Gasteiger charge is -2.35. The highest BCUT2D eigenvalue weighted by atomic mass is 35.5. The first-order valence-electron chi connectivity index (χ1n) is 12.7. The molecule has 204 valence electrons. The molecule has 2 heterocycles. The Morgan fingerprint density at radius 1 is 1.18 bits per heavy atom. The molecule has 0 bridgehead atoms. The van der Waals surface area contributed by atoms with E-state index in [1.165, 1.54) is 0 Å². The van der Waals surface area contributed by atoms with Gasteiger partial charge in [-0.25, -0.2) is 9.00 Å². The fourth-order valence-electron chi connectivity index (χ4n) is 4.75. The molecular weight excluding hydrogens is 530 g/mol. The summed E-state index contributed by atoms with van der Waals surface area (Å²) in [6, 6.07) is 14.3. The van der Waals surface area contributed by atoms with E-state index < -0.39 is 23.0 Å². The van der Waals surface area contributed by atoms with Crippen molar-refractivity contribution in [2.24, 2.45) is 0 Å². The normalized spacial score (nSPS) is 20.5. The molecule has 3 unspecified atom stereocenters. The molecule has 1 saturated heterocycles. The first kappa shape index (κ1) is 28.3. The van der Waals surface area contributed by atoms with E-state index in [1.54, 1.807) is 48.2 Å². The van der Waals surface area contributed by atoms with Crippen LogP contribution in [0, 0.1) is 0 Å². The maximum atomic E-state index is 13.5. The van der Waals surface area contributed by atoms with Gasteiger partial charge in [-0.1, -0.05) is 35.9 Å². The first-order valence-corrected chi connectivity index (χ1v) is 14.3. The zero-order valence-corrected chi connectivity index (χ0v) is 22.8. The third-order valence-corrected chi connectivity index (χ3v) is 7.64. The van der Waals surface area contributed by atoms with Gasteiger partial charge in [-0.15, -0.1) is 0 Å². The summed E-state index contributed by atoms with van der Waals surface area (Å²) in [5.74, 6) is -0.158. The number of carbonyl (C=O) groups excluding carboxylic acids is 2. The molecule has 0 spiro atoms. The molecule has 2 aliphatic heterocycles. The van der Waals surface area contributed by atoms with Crippen LogP contribution in [0.2, 0.25) is 5.02 Å². The number of rotatable bonds is 11. The van der Waals surface area contributed by atoms with Crippen molar-refractivity contribution in [1.82, 2.24) is 4.90 Å². The van der Waals surface area contributed by atoms with Gasteiger partial charge in [0, 0.05) is 29.7 Å². The third-order valence-electron chi connectivity index (χ3n) is 6.75. The summed E-state index contributed by atoms with van der Waals surface area (Å²) >= 11 is 4.25. The summed E-state index contributed by atoms with van der Waals surface area (Å²) in [6.45, 7) is 3.30. The van der Waals surface area contributed by atoms with E-state index in [-0.39, 0.29) is 30.8 Å². The van der Waals surface area contributed by atoms with E-state index >= 15 is 0 Å². The summed E-state index contributed by atoms with van der Waals surface area (Å²) in [5.41, 5.74) is 2.67. The van der Waals surface area contributed by atoms with Crippen LogP contribution in [-0.2, 0) is 36.8 Å². The maximum absolute atomic E-state index is 13.5. The fraction of sp³-hybridized carbons (Fsp3) is 0.429. The summed E-state index contributed by atoms with van der Waals surface area (Å²) in [5, 5.41) is 0.580. The van der Waals surface area contributed by atoms with E-state index in [0.717, 1.165) is 24.0 Å². The van der Waals surface area contributed by atoms with Crippen molar-refractivity contribution in [3.05, 3.63) is 76.0 Å². The van der Waals surface area contributed by atoms with Crippen molar-refractivity contribution in [1.29, 1.82) is 0 Å². The zero-order valence-electron chi connectivity index (χ0n) is 21.3. The molecule has 0 saturated carbocycles. The van der Waals surface area contributed by atoms with Crippen molar-refractivity contribution >= 4 is 34.6 Å². The Hall–Kier alpha value is -2.72. The number of nitrogens with zero attached hydrogens (tertiary/aromatic N) is 1. The molecule has 2 aromatic rings. The monoisotopic (exact) mass is 561 g/mol. The molecule has 1 amide bonds. The molecule has 1 N–H and O–H groups in total. The number of hydrogen-bond acceptors (Lipinski definition) is 6. The van der Waals surface area contributed by atoms with Crippen LogP contribution in [0.5, 0.6) is 5.75 Å². The Kier molecular flexibility index (Phi) is 9.96. The molecule has 0 aromatic heterocycles. The molecular formula is C28H32ClNO7S. The Balaban J connectivity index is 1.47. The second-order valence-corrected chi connectivity index (χ2v) is 10.9. The van der Waals surface area contributed by atoms with Crippen molar-refractivity contribution in [2.75, 3.05) is 25.5 Å². The van der Waals surface area contributed by atoms with Gasteiger partial charge < -0.3 is 23.7 Å². The molecule has 10 heteroatoms. The molecule has 0 aliphatic carbocycles. The number of esters is 1. The smallest absolute Gasteiger partial charge is 0.336 e. The number of hydrogen-bond donors (Lipinski definition) is 1. The van der Waals surface area contributed by atoms with Gasteiger partial charge in [-0.05, 0) is 61.6 Å². The fourth-order valence-corrected chi connectivity index (χ4v) is 5.24. The molecule has 2 aromatic carbocycles. The van der Waals surface area contributed by atoms with Crippen LogP contribution in [0.4, 0.5) is 0 Å². The minimum atomic E-state index is -1.83. The quantitative estimate of drug-likeness (QED) is 0.238. The van der Waals surface area contributed by atoms with Crippen molar-refractivity contribution < 1.29 is 32.6 Å². The van der Waals surface area contributed by atoms with E-state index in [0.29, 0.717) is 48.2 Å². The number of allylic oxidation sites excluding steroid dienone is 1. The standard InChI is InChI=1S/C28H32ClNO7S/c1-19-27(28(32)37-18-20-5-11-23(12-6-20)35-14-3-15-38(33)34)25(21-7-9-22(29)10-8-21)16-26(31)30(19)17-24-4-2-13-36-24/h5-12,24-25H,2-4,13-18H2,1H3,(H,33,34). The highest BCUT2D eigenvalue weighted by Gasteiger charge is 2.38. The van der Waals surface area contributed by atoms with Crippen LogP contribution in [0.1, 0.15) is 49.7 Å². The molecule has 0 radical (unpaired) electrons. The number of benzene rings is 2. The Labute approximate surface area is 230 Å². The van der Waals surface area contributed by atoms with E-state index in [1.807, 2.05) is 12.1 Å². The Morgan fingerprint density at radius 3 is 2.58 bits per heavy atom.